The van der Waals surface area contributed by atoms with Crippen LogP contribution in [0.4, 0.5) is 5.69 Å². The molecule has 0 spiro atoms. The first-order valence-corrected chi connectivity index (χ1v) is 7.69. The number of anilines is 1. The molecule has 0 fully saturated rings. The molecule has 0 atom stereocenters. The molecule has 0 saturated heterocycles. The number of hydrogen-bond acceptors (Lipinski definition) is 5. The van der Waals surface area contributed by atoms with E-state index in [0.717, 1.165) is 11.3 Å². The molecule has 2 amide bonds. The number of amides is 2. The van der Waals surface area contributed by atoms with Crippen LogP contribution >= 0.6 is 11.3 Å². The van der Waals surface area contributed by atoms with Crippen molar-refractivity contribution >= 4 is 34.9 Å². The van der Waals surface area contributed by atoms with Crippen LogP contribution in [0.3, 0.4) is 0 Å². The molecule has 2 heterocycles. The van der Waals surface area contributed by atoms with E-state index < -0.39 is 17.0 Å². The van der Waals surface area contributed by atoms with E-state index in [0.29, 0.717) is 5.69 Å². The SMILES string of the molecule is CC1(C)Nn2c(s/c(=C/C(=O)Nc3ccccc3)c2=O)=NC1=O. The van der Waals surface area contributed by atoms with Crippen LogP contribution in [0.15, 0.2) is 40.1 Å². The number of para-hydroxylation sites is 1. The fraction of sp³-hybridized carbons (Fsp3) is 0.200. The first-order chi connectivity index (χ1) is 10.9. The minimum absolute atomic E-state index is 0.204. The van der Waals surface area contributed by atoms with Crippen molar-refractivity contribution in [2.45, 2.75) is 19.4 Å². The minimum atomic E-state index is -0.957. The highest BCUT2D eigenvalue weighted by Gasteiger charge is 2.32. The fourth-order valence-corrected chi connectivity index (χ4v) is 2.91. The van der Waals surface area contributed by atoms with Gasteiger partial charge in [-0.15, -0.1) is 0 Å². The van der Waals surface area contributed by atoms with Gasteiger partial charge in [0.25, 0.3) is 11.5 Å². The third-order valence-corrected chi connectivity index (χ3v) is 4.20. The van der Waals surface area contributed by atoms with Gasteiger partial charge in [0.1, 0.15) is 10.1 Å². The van der Waals surface area contributed by atoms with Gasteiger partial charge in [-0.1, -0.05) is 29.5 Å². The summed E-state index contributed by atoms with van der Waals surface area (Å²) in [5.41, 5.74) is 2.09. The quantitative estimate of drug-likeness (QED) is 0.798. The summed E-state index contributed by atoms with van der Waals surface area (Å²) in [5.74, 6) is -0.780. The van der Waals surface area contributed by atoms with Gasteiger partial charge in [0.2, 0.25) is 10.7 Å². The van der Waals surface area contributed by atoms with Crippen LogP contribution < -0.4 is 25.6 Å². The molecule has 0 bridgehead atoms. The number of aromatic nitrogens is 1. The zero-order valence-electron chi connectivity index (χ0n) is 12.5. The third kappa shape index (κ3) is 2.93. The molecule has 1 aliphatic rings. The monoisotopic (exact) mass is 330 g/mol. The topological polar surface area (TPSA) is 92.6 Å². The summed E-state index contributed by atoms with van der Waals surface area (Å²) in [4.78, 5) is 40.3. The number of nitrogens with one attached hydrogen (secondary N) is 2. The molecule has 1 aromatic heterocycles. The lowest BCUT2D eigenvalue weighted by molar-refractivity contribution is -0.122. The second kappa shape index (κ2) is 5.47. The number of nitrogens with zero attached hydrogens (tertiary/aromatic N) is 2. The predicted molar refractivity (Wildman–Crippen MR) is 87.3 cm³/mol. The standard InChI is InChI=1S/C15H14N4O3S/c1-15(2)13(22)17-14-19(18-15)12(21)10(23-14)8-11(20)16-9-6-4-3-5-7-9/h3-8,18H,1-2H3,(H,16,20)/b10-8+. The molecular formula is C15H14N4O3S. The van der Waals surface area contributed by atoms with Crippen molar-refractivity contribution in [2.75, 3.05) is 10.7 Å². The van der Waals surface area contributed by atoms with E-state index in [1.54, 1.807) is 38.1 Å². The Morgan fingerprint density at radius 1 is 1.30 bits per heavy atom. The van der Waals surface area contributed by atoms with Gasteiger partial charge >= 0.3 is 0 Å². The Morgan fingerprint density at radius 3 is 2.70 bits per heavy atom. The van der Waals surface area contributed by atoms with Gasteiger partial charge in [-0.05, 0) is 26.0 Å². The van der Waals surface area contributed by atoms with E-state index in [1.807, 2.05) is 6.07 Å². The summed E-state index contributed by atoms with van der Waals surface area (Å²) in [6, 6.07) is 8.92. The first kappa shape index (κ1) is 15.2. The number of carbonyl (C=O) groups excluding carboxylic acids is 2. The second-order valence-corrected chi connectivity index (χ2v) is 6.55. The molecule has 1 aromatic carbocycles. The lowest BCUT2D eigenvalue weighted by Crippen LogP contribution is -2.55. The van der Waals surface area contributed by atoms with Crippen LogP contribution in [0.2, 0.25) is 0 Å². The number of rotatable bonds is 2. The van der Waals surface area contributed by atoms with E-state index >= 15 is 0 Å². The Kier molecular flexibility index (Phi) is 3.61. The average molecular weight is 330 g/mol. The summed E-state index contributed by atoms with van der Waals surface area (Å²) >= 11 is 0.989. The van der Waals surface area contributed by atoms with E-state index in [4.69, 9.17) is 0 Å². The van der Waals surface area contributed by atoms with Crippen LogP contribution in [0, 0.1) is 0 Å². The van der Waals surface area contributed by atoms with Gasteiger partial charge in [-0.3, -0.25) is 14.4 Å². The molecule has 8 heteroatoms. The molecule has 0 aliphatic carbocycles. The lowest BCUT2D eigenvalue weighted by atomic mass is 10.1. The number of carbonyl (C=O) groups is 2. The van der Waals surface area contributed by atoms with Gasteiger partial charge in [-0.2, -0.15) is 9.67 Å². The zero-order chi connectivity index (χ0) is 16.6. The summed E-state index contributed by atoms with van der Waals surface area (Å²) in [6.45, 7) is 3.27. The van der Waals surface area contributed by atoms with Crippen molar-refractivity contribution in [1.82, 2.24) is 4.68 Å². The van der Waals surface area contributed by atoms with Gasteiger partial charge < -0.3 is 10.7 Å². The molecule has 0 unspecified atom stereocenters. The van der Waals surface area contributed by atoms with Crippen molar-refractivity contribution in [3.8, 4) is 0 Å². The molecule has 2 N–H and O–H groups in total. The molecule has 2 aromatic rings. The Morgan fingerprint density at radius 2 is 2.00 bits per heavy atom. The maximum atomic E-state index is 12.3. The van der Waals surface area contributed by atoms with Crippen molar-refractivity contribution in [3.05, 3.63) is 50.0 Å². The van der Waals surface area contributed by atoms with Gasteiger partial charge in [0.15, 0.2) is 0 Å². The smallest absolute Gasteiger partial charge is 0.289 e. The largest absolute Gasteiger partial charge is 0.322 e. The Bertz CT molecular complexity index is 957. The lowest BCUT2D eigenvalue weighted by Gasteiger charge is -2.26. The van der Waals surface area contributed by atoms with Crippen molar-refractivity contribution < 1.29 is 9.59 Å². The van der Waals surface area contributed by atoms with Crippen molar-refractivity contribution in [3.63, 3.8) is 0 Å². The molecule has 3 rings (SSSR count). The summed E-state index contributed by atoms with van der Waals surface area (Å²) in [7, 11) is 0. The average Bonchev–Trinajstić information content (AvgIpc) is 2.76. The highest BCUT2D eigenvalue weighted by atomic mass is 32.1. The first-order valence-electron chi connectivity index (χ1n) is 6.88. The normalized spacial score (nSPS) is 16.3. The minimum Gasteiger partial charge on any atom is -0.322 e. The van der Waals surface area contributed by atoms with Crippen molar-refractivity contribution in [1.29, 1.82) is 0 Å². The molecule has 118 valence electrons. The van der Waals surface area contributed by atoms with E-state index in [1.165, 1.54) is 10.8 Å². The number of hydrogen-bond donors (Lipinski definition) is 2. The number of fused-ring (bicyclic) bond motifs is 1. The molecule has 7 nitrogen and oxygen atoms in total. The third-order valence-electron chi connectivity index (χ3n) is 3.23. The molecular weight excluding hydrogens is 316 g/mol. The van der Waals surface area contributed by atoms with E-state index in [2.05, 4.69) is 15.7 Å². The van der Waals surface area contributed by atoms with Gasteiger partial charge in [0.05, 0.1) is 0 Å². The maximum Gasteiger partial charge on any atom is 0.289 e. The van der Waals surface area contributed by atoms with E-state index in [9.17, 15) is 14.4 Å². The Hall–Kier alpha value is -2.74. The maximum absolute atomic E-state index is 12.3. The highest BCUT2D eigenvalue weighted by molar-refractivity contribution is 7.07. The van der Waals surface area contributed by atoms with E-state index in [-0.39, 0.29) is 15.2 Å². The van der Waals surface area contributed by atoms with Crippen LogP contribution in [-0.2, 0) is 9.59 Å². The summed E-state index contributed by atoms with van der Waals surface area (Å²) < 4.78 is 1.41. The highest BCUT2D eigenvalue weighted by Crippen LogP contribution is 2.08. The van der Waals surface area contributed by atoms with Crippen LogP contribution in [-0.4, -0.2) is 22.0 Å². The summed E-state index contributed by atoms with van der Waals surface area (Å²) in [5, 5.41) is 2.67. The van der Waals surface area contributed by atoms with Crippen molar-refractivity contribution in [2.24, 2.45) is 4.99 Å². The van der Waals surface area contributed by atoms with Crippen LogP contribution in [0.25, 0.3) is 6.08 Å². The van der Waals surface area contributed by atoms with Gasteiger partial charge in [-0.25, -0.2) is 0 Å². The Balaban J connectivity index is 1.97. The Labute approximate surface area is 135 Å². The molecule has 1 aliphatic heterocycles. The molecule has 0 saturated carbocycles. The second-order valence-electron chi connectivity index (χ2n) is 5.54. The predicted octanol–water partition coefficient (Wildman–Crippen LogP) is -0.189. The molecule has 0 radical (unpaired) electrons. The number of thiazole rings is 1. The van der Waals surface area contributed by atoms with Crippen LogP contribution in [0.5, 0.6) is 0 Å². The summed E-state index contributed by atoms with van der Waals surface area (Å²) in [6.07, 6.45) is 1.21. The molecule has 23 heavy (non-hydrogen) atoms. The zero-order valence-corrected chi connectivity index (χ0v) is 13.3. The number of benzene rings is 1. The van der Waals surface area contributed by atoms with Crippen LogP contribution in [0.1, 0.15) is 13.8 Å². The fourth-order valence-electron chi connectivity index (χ4n) is 2.02. The van der Waals surface area contributed by atoms with Gasteiger partial charge in [0, 0.05) is 11.8 Å².